The first-order chi connectivity index (χ1) is 9.07. The van der Waals surface area contributed by atoms with Crippen LogP contribution in [-0.4, -0.2) is 39.6 Å². The van der Waals surface area contributed by atoms with Gasteiger partial charge in [-0.2, -0.15) is 0 Å². The van der Waals surface area contributed by atoms with Gasteiger partial charge in [0.1, 0.15) is 0 Å². The molecule has 1 aromatic carbocycles. The Balaban J connectivity index is 1.91. The molecule has 1 unspecified atom stereocenters. The minimum Gasteiger partial charge on any atom is -0.388 e. The van der Waals surface area contributed by atoms with E-state index in [-0.39, 0.29) is 5.91 Å². The zero-order valence-corrected chi connectivity index (χ0v) is 11.0. The second kappa shape index (κ2) is 4.38. The Morgan fingerprint density at radius 3 is 3.00 bits per heavy atom. The van der Waals surface area contributed by atoms with Crippen LogP contribution in [0.3, 0.4) is 0 Å². The topological polar surface area (TPSA) is 56.3 Å². The molecule has 0 saturated carbocycles. The van der Waals surface area contributed by atoms with Gasteiger partial charge in [-0.25, -0.2) is 0 Å². The van der Waals surface area contributed by atoms with Crippen molar-refractivity contribution in [2.45, 2.75) is 25.4 Å². The Hall–Kier alpha value is -1.81. The summed E-state index contributed by atoms with van der Waals surface area (Å²) in [7, 11) is 0. The second-order valence-corrected chi connectivity index (χ2v) is 5.58. The molecule has 0 spiro atoms. The number of aromatic amines is 1. The minimum atomic E-state index is -0.764. The Morgan fingerprint density at radius 2 is 2.21 bits per heavy atom. The maximum absolute atomic E-state index is 12.6. The van der Waals surface area contributed by atoms with Crippen LogP contribution in [0, 0.1) is 0 Å². The quantitative estimate of drug-likeness (QED) is 0.823. The van der Waals surface area contributed by atoms with E-state index in [0.717, 1.165) is 23.7 Å². The predicted molar refractivity (Wildman–Crippen MR) is 74.1 cm³/mol. The number of nitrogens with one attached hydrogen (secondary N) is 1. The molecule has 2 heterocycles. The molecule has 1 atom stereocenters. The Labute approximate surface area is 112 Å². The van der Waals surface area contributed by atoms with E-state index in [1.165, 1.54) is 0 Å². The number of H-pyrrole nitrogens is 1. The zero-order chi connectivity index (χ0) is 13.5. The standard InChI is InChI=1S/C15H18N2O2/c1-15(19)7-4-8-17(10-15)14(18)12-9-16-13-6-3-2-5-11(12)13/h2-3,5-6,9,16,19H,4,7-8,10H2,1H3. The lowest BCUT2D eigenvalue weighted by Gasteiger charge is -2.36. The zero-order valence-electron chi connectivity index (χ0n) is 11.0. The lowest BCUT2D eigenvalue weighted by molar-refractivity contribution is -0.0106. The van der Waals surface area contributed by atoms with Gasteiger partial charge in [0.2, 0.25) is 0 Å². The molecule has 1 fully saturated rings. The SMILES string of the molecule is CC1(O)CCCN(C(=O)c2c[nH]c3ccccc23)C1. The van der Waals surface area contributed by atoms with Crippen LogP contribution in [0.5, 0.6) is 0 Å². The van der Waals surface area contributed by atoms with E-state index in [2.05, 4.69) is 4.98 Å². The number of likely N-dealkylation sites (tertiary alicyclic amines) is 1. The van der Waals surface area contributed by atoms with E-state index in [0.29, 0.717) is 18.7 Å². The summed E-state index contributed by atoms with van der Waals surface area (Å²) in [5, 5.41) is 11.0. The molecule has 3 rings (SSSR count). The summed E-state index contributed by atoms with van der Waals surface area (Å²) in [6.07, 6.45) is 3.36. The minimum absolute atomic E-state index is 0.00238. The molecule has 2 aromatic rings. The van der Waals surface area contributed by atoms with Crippen LogP contribution in [0.25, 0.3) is 10.9 Å². The first-order valence-electron chi connectivity index (χ1n) is 6.65. The van der Waals surface area contributed by atoms with Gasteiger partial charge < -0.3 is 15.0 Å². The number of nitrogens with zero attached hydrogens (tertiary/aromatic N) is 1. The highest BCUT2D eigenvalue weighted by Crippen LogP contribution is 2.24. The Kier molecular flexibility index (Phi) is 2.82. The number of amides is 1. The fourth-order valence-corrected chi connectivity index (χ4v) is 2.81. The van der Waals surface area contributed by atoms with E-state index in [4.69, 9.17) is 0 Å². The molecule has 2 N–H and O–H groups in total. The van der Waals surface area contributed by atoms with Gasteiger partial charge in [0.15, 0.2) is 0 Å². The van der Waals surface area contributed by atoms with Crippen molar-refractivity contribution in [2.24, 2.45) is 0 Å². The van der Waals surface area contributed by atoms with Gasteiger partial charge in [-0.3, -0.25) is 4.79 Å². The fourth-order valence-electron chi connectivity index (χ4n) is 2.81. The van der Waals surface area contributed by atoms with Gasteiger partial charge in [0.25, 0.3) is 5.91 Å². The van der Waals surface area contributed by atoms with E-state index in [1.807, 2.05) is 24.3 Å². The van der Waals surface area contributed by atoms with E-state index in [9.17, 15) is 9.90 Å². The highest BCUT2D eigenvalue weighted by Gasteiger charge is 2.31. The largest absolute Gasteiger partial charge is 0.388 e. The third-order valence-corrected chi connectivity index (χ3v) is 3.78. The van der Waals surface area contributed by atoms with Crippen molar-refractivity contribution in [1.82, 2.24) is 9.88 Å². The number of carbonyl (C=O) groups excluding carboxylic acids is 1. The van der Waals surface area contributed by atoms with Crippen molar-refractivity contribution in [2.75, 3.05) is 13.1 Å². The van der Waals surface area contributed by atoms with Crippen LogP contribution in [0.1, 0.15) is 30.1 Å². The van der Waals surface area contributed by atoms with E-state index in [1.54, 1.807) is 18.0 Å². The molecule has 1 amide bonds. The molecule has 4 heteroatoms. The Bertz CT molecular complexity index is 615. The van der Waals surface area contributed by atoms with Crippen molar-refractivity contribution in [3.63, 3.8) is 0 Å². The molecule has 100 valence electrons. The number of para-hydroxylation sites is 1. The van der Waals surface area contributed by atoms with Gasteiger partial charge >= 0.3 is 0 Å². The number of benzene rings is 1. The van der Waals surface area contributed by atoms with Crippen molar-refractivity contribution >= 4 is 16.8 Å². The highest BCUT2D eigenvalue weighted by molar-refractivity contribution is 6.06. The second-order valence-electron chi connectivity index (χ2n) is 5.58. The maximum atomic E-state index is 12.6. The van der Waals surface area contributed by atoms with Crippen molar-refractivity contribution < 1.29 is 9.90 Å². The molecular formula is C15H18N2O2. The first kappa shape index (κ1) is 12.2. The average molecular weight is 258 g/mol. The summed E-state index contributed by atoms with van der Waals surface area (Å²) in [6, 6.07) is 7.78. The van der Waals surface area contributed by atoms with Gasteiger partial charge in [0, 0.05) is 30.2 Å². The summed E-state index contributed by atoms with van der Waals surface area (Å²) in [5.41, 5.74) is 0.892. The normalized spacial score (nSPS) is 23.8. The molecule has 1 aromatic heterocycles. The fraction of sp³-hybridized carbons (Fsp3) is 0.400. The maximum Gasteiger partial charge on any atom is 0.256 e. The number of aliphatic hydroxyl groups is 1. The average Bonchev–Trinajstić information content (AvgIpc) is 2.80. The van der Waals surface area contributed by atoms with E-state index < -0.39 is 5.60 Å². The first-order valence-corrected chi connectivity index (χ1v) is 6.65. The van der Waals surface area contributed by atoms with Gasteiger partial charge in [-0.05, 0) is 25.8 Å². The lowest BCUT2D eigenvalue weighted by Crippen LogP contribution is -2.48. The number of aromatic nitrogens is 1. The van der Waals surface area contributed by atoms with Gasteiger partial charge in [0.05, 0.1) is 11.2 Å². The molecular weight excluding hydrogens is 240 g/mol. The monoisotopic (exact) mass is 258 g/mol. The number of β-amino-alcohol motifs (C(OH)–C–C–N with tert-alkyl or cyclic N) is 1. The highest BCUT2D eigenvalue weighted by atomic mass is 16.3. The van der Waals surface area contributed by atoms with Crippen molar-refractivity contribution in [3.8, 4) is 0 Å². The summed E-state index contributed by atoms with van der Waals surface area (Å²) in [6.45, 7) is 2.92. The molecule has 1 aliphatic rings. The van der Waals surface area contributed by atoms with Crippen LogP contribution in [0.2, 0.25) is 0 Å². The number of rotatable bonds is 1. The summed E-state index contributed by atoms with van der Waals surface area (Å²) < 4.78 is 0. The molecule has 19 heavy (non-hydrogen) atoms. The predicted octanol–water partition coefficient (Wildman–Crippen LogP) is 2.15. The number of piperidine rings is 1. The molecule has 0 radical (unpaired) electrons. The number of hydrogen-bond donors (Lipinski definition) is 2. The summed E-state index contributed by atoms with van der Waals surface area (Å²) in [4.78, 5) is 17.4. The third kappa shape index (κ3) is 2.24. The van der Waals surface area contributed by atoms with Crippen LogP contribution in [0.4, 0.5) is 0 Å². The third-order valence-electron chi connectivity index (χ3n) is 3.78. The molecule has 1 aliphatic heterocycles. The van der Waals surface area contributed by atoms with Crippen LogP contribution >= 0.6 is 0 Å². The van der Waals surface area contributed by atoms with E-state index >= 15 is 0 Å². The van der Waals surface area contributed by atoms with Crippen LogP contribution in [0.15, 0.2) is 30.5 Å². The summed E-state index contributed by atoms with van der Waals surface area (Å²) >= 11 is 0. The lowest BCUT2D eigenvalue weighted by atomic mass is 9.94. The van der Waals surface area contributed by atoms with Gasteiger partial charge in [-0.1, -0.05) is 18.2 Å². The number of carbonyl (C=O) groups is 1. The molecule has 0 aliphatic carbocycles. The molecule has 0 bridgehead atoms. The summed E-state index contributed by atoms with van der Waals surface area (Å²) in [5.74, 6) is -0.00238. The molecule has 4 nitrogen and oxygen atoms in total. The number of hydrogen-bond acceptors (Lipinski definition) is 2. The smallest absolute Gasteiger partial charge is 0.256 e. The van der Waals surface area contributed by atoms with Crippen LogP contribution < -0.4 is 0 Å². The Morgan fingerprint density at radius 1 is 1.42 bits per heavy atom. The van der Waals surface area contributed by atoms with Crippen molar-refractivity contribution in [3.05, 3.63) is 36.0 Å². The number of fused-ring (bicyclic) bond motifs is 1. The van der Waals surface area contributed by atoms with Crippen molar-refractivity contribution in [1.29, 1.82) is 0 Å². The molecule has 1 saturated heterocycles. The van der Waals surface area contributed by atoms with Crippen LogP contribution in [-0.2, 0) is 0 Å². The van der Waals surface area contributed by atoms with Gasteiger partial charge in [-0.15, -0.1) is 0 Å².